The van der Waals surface area contributed by atoms with Gasteiger partial charge in [-0.1, -0.05) is 0 Å². The van der Waals surface area contributed by atoms with E-state index in [1.807, 2.05) is 6.20 Å². The maximum Gasteiger partial charge on any atom is 0.341 e. The quantitative estimate of drug-likeness (QED) is 0.888. The van der Waals surface area contributed by atoms with Gasteiger partial charge < -0.3 is 9.67 Å². The van der Waals surface area contributed by atoms with E-state index in [0.29, 0.717) is 0 Å². The van der Waals surface area contributed by atoms with Crippen LogP contribution >= 0.6 is 0 Å². The maximum absolute atomic E-state index is 13.1. The number of carboxylic acid groups (broad SMARTS) is 1. The minimum Gasteiger partial charge on any atom is -0.477 e. The van der Waals surface area contributed by atoms with Gasteiger partial charge in [-0.05, 0) is 6.07 Å². The van der Waals surface area contributed by atoms with Gasteiger partial charge in [-0.2, -0.15) is 0 Å². The van der Waals surface area contributed by atoms with Crippen molar-refractivity contribution in [1.29, 1.82) is 0 Å². The summed E-state index contributed by atoms with van der Waals surface area (Å²) in [7, 11) is 0. The molecule has 1 N–H and O–H groups in total. The monoisotopic (exact) mass is 265 g/mol. The number of halogens is 2. The summed E-state index contributed by atoms with van der Waals surface area (Å²) >= 11 is 0. The highest BCUT2D eigenvalue weighted by molar-refractivity contribution is 5.91. The van der Waals surface area contributed by atoms with E-state index in [9.17, 15) is 18.4 Å². The van der Waals surface area contributed by atoms with Gasteiger partial charge in [-0.3, -0.25) is 4.79 Å². The van der Waals surface area contributed by atoms with Crippen molar-refractivity contribution in [3.05, 3.63) is 40.1 Å². The molecule has 1 aliphatic carbocycles. The summed E-state index contributed by atoms with van der Waals surface area (Å²) in [5.74, 6) is -2.31. The third kappa shape index (κ3) is 1.78. The number of carboxylic acids is 1. The molecule has 1 radical (unpaired) electrons. The van der Waals surface area contributed by atoms with Crippen molar-refractivity contribution in [1.82, 2.24) is 9.55 Å². The van der Waals surface area contributed by atoms with Gasteiger partial charge in [0.1, 0.15) is 23.6 Å². The van der Waals surface area contributed by atoms with Crippen molar-refractivity contribution in [2.45, 2.75) is 18.6 Å². The number of hydrogen-bond donors (Lipinski definition) is 1. The Bertz CT molecular complexity index is 756. The van der Waals surface area contributed by atoms with Crippen LogP contribution < -0.4 is 5.43 Å². The number of alkyl halides is 1. The summed E-state index contributed by atoms with van der Waals surface area (Å²) in [5, 5.41) is 8.77. The van der Waals surface area contributed by atoms with Gasteiger partial charge in [-0.15, -0.1) is 0 Å². The first-order chi connectivity index (χ1) is 8.99. The highest BCUT2D eigenvalue weighted by atomic mass is 19.1. The van der Waals surface area contributed by atoms with E-state index < -0.39 is 35.0 Å². The predicted octanol–water partition coefficient (Wildman–Crippen LogP) is 1.32. The summed E-state index contributed by atoms with van der Waals surface area (Å²) in [4.78, 5) is 26.5. The third-order valence-corrected chi connectivity index (χ3v) is 3.05. The number of aromatic carboxylic acids is 1. The Morgan fingerprint density at radius 3 is 2.84 bits per heavy atom. The number of carbonyl (C=O) groups is 1. The molecule has 0 aliphatic heterocycles. The van der Waals surface area contributed by atoms with E-state index >= 15 is 0 Å². The van der Waals surface area contributed by atoms with Crippen LogP contribution in [0.1, 0.15) is 22.8 Å². The minimum absolute atomic E-state index is 0.0431. The first kappa shape index (κ1) is 11.8. The summed E-state index contributed by atoms with van der Waals surface area (Å²) < 4.78 is 27.5. The minimum atomic E-state index is -1.44. The molecule has 2 atom stereocenters. The third-order valence-electron chi connectivity index (χ3n) is 3.05. The Kier molecular flexibility index (Phi) is 2.38. The SMILES string of the molecule is O=C(O)c1cn([C@@H]2C[C@H]2F)c2n[c]c(F)cc2c1=O. The molecule has 1 fully saturated rings. The normalized spacial score (nSPS) is 21.6. The number of pyridine rings is 2. The molecule has 97 valence electrons. The Morgan fingerprint density at radius 1 is 1.58 bits per heavy atom. The Morgan fingerprint density at radius 2 is 2.26 bits per heavy atom. The number of fused-ring (bicyclic) bond motifs is 1. The van der Waals surface area contributed by atoms with Crippen molar-refractivity contribution >= 4 is 17.0 Å². The second-order valence-electron chi connectivity index (χ2n) is 4.36. The van der Waals surface area contributed by atoms with E-state index in [1.54, 1.807) is 0 Å². The van der Waals surface area contributed by atoms with Crippen molar-refractivity contribution < 1.29 is 18.7 Å². The summed E-state index contributed by atoms with van der Waals surface area (Å²) in [6.45, 7) is 0. The molecule has 0 spiro atoms. The highest BCUT2D eigenvalue weighted by Gasteiger charge is 2.40. The van der Waals surface area contributed by atoms with Gasteiger partial charge in [0, 0.05) is 12.6 Å². The van der Waals surface area contributed by atoms with E-state index in [1.165, 1.54) is 4.57 Å². The van der Waals surface area contributed by atoms with Crippen LogP contribution in [0.15, 0.2) is 17.1 Å². The molecular weight excluding hydrogens is 258 g/mol. The van der Waals surface area contributed by atoms with Crippen LogP contribution in [0.4, 0.5) is 8.78 Å². The Balaban J connectivity index is 2.39. The van der Waals surface area contributed by atoms with Gasteiger partial charge in [0.15, 0.2) is 5.82 Å². The largest absolute Gasteiger partial charge is 0.477 e. The summed E-state index contributed by atoms with van der Waals surface area (Å²) in [5.41, 5.74) is -1.32. The van der Waals surface area contributed by atoms with Crippen molar-refractivity contribution in [3.63, 3.8) is 0 Å². The van der Waals surface area contributed by atoms with Crippen LogP contribution in [-0.4, -0.2) is 26.8 Å². The van der Waals surface area contributed by atoms with Crippen LogP contribution in [0.25, 0.3) is 11.0 Å². The van der Waals surface area contributed by atoms with Gasteiger partial charge in [0.25, 0.3) is 0 Å². The smallest absolute Gasteiger partial charge is 0.341 e. The Hall–Kier alpha value is -2.31. The molecule has 2 heterocycles. The van der Waals surface area contributed by atoms with Gasteiger partial charge in [0.05, 0.1) is 11.4 Å². The molecule has 0 unspecified atom stereocenters. The summed E-state index contributed by atoms with van der Waals surface area (Å²) in [6, 6.07) is 0.302. The van der Waals surface area contributed by atoms with Crippen LogP contribution in [0.5, 0.6) is 0 Å². The molecule has 5 nitrogen and oxygen atoms in total. The van der Waals surface area contributed by atoms with Crippen molar-refractivity contribution in [2.24, 2.45) is 0 Å². The topological polar surface area (TPSA) is 72.2 Å². The van der Waals surface area contributed by atoms with Gasteiger partial charge >= 0.3 is 5.97 Å². The molecule has 0 saturated heterocycles. The second kappa shape index (κ2) is 3.84. The number of nitrogens with zero attached hydrogens (tertiary/aromatic N) is 2. The first-order valence-corrected chi connectivity index (χ1v) is 5.49. The van der Waals surface area contributed by atoms with E-state index in [2.05, 4.69) is 4.98 Å². The fourth-order valence-electron chi connectivity index (χ4n) is 2.00. The fourth-order valence-corrected chi connectivity index (χ4v) is 2.00. The molecule has 1 aliphatic rings. The lowest BCUT2D eigenvalue weighted by Crippen LogP contribution is -2.19. The Labute approximate surface area is 105 Å². The van der Waals surface area contributed by atoms with Crippen molar-refractivity contribution in [2.75, 3.05) is 0 Å². The van der Waals surface area contributed by atoms with Crippen LogP contribution in [0, 0.1) is 12.0 Å². The molecule has 0 aromatic carbocycles. The molecule has 2 aromatic heterocycles. The second-order valence-corrected chi connectivity index (χ2v) is 4.36. The highest BCUT2D eigenvalue weighted by Crippen LogP contribution is 2.40. The average molecular weight is 265 g/mol. The molecule has 0 amide bonds. The number of hydrogen-bond acceptors (Lipinski definition) is 3. The number of rotatable bonds is 2. The van der Waals surface area contributed by atoms with E-state index in [-0.39, 0.29) is 17.5 Å². The van der Waals surface area contributed by atoms with Crippen LogP contribution in [0.3, 0.4) is 0 Å². The zero-order chi connectivity index (χ0) is 13.7. The predicted molar refractivity (Wildman–Crippen MR) is 60.3 cm³/mol. The number of aromatic nitrogens is 2. The lowest BCUT2D eigenvalue weighted by Gasteiger charge is -2.09. The molecule has 19 heavy (non-hydrogen) atoms. The molecule has 0 bridgehead atoms. The van der Waals surface area contributed by atoms with E-state index in [4.69, 9.17) is 5.11 Å². The molecule has 7 heteroatoms. The van der Waals surface area contributed by atoms with Crippen LogP contribution in [-0.2, 0) is 0 Å². The van der Waals surface area contributed by atoms with E-state index in [0.717, 1.165) is 12.3 Å². The zero-order valence-electron chi connectivity index (χ0n) is 9.43. The lowest BCUT2D eigenvalue weighted by molar-refractivity contribution is 0.0694. The average Bonchev–Trinajstić information content (AvgIpc) is 3.07. The molecule has 1 saturated carbocycles. The summed E-state index contributed by atoms with van der Waals surface area (Å²) in [6.07, 6.45) is 2.20. The van der Waals surface area contributed by atoms with Crippen molar-refractivity contribution in [3.8, 4) is 0 Å². The van der Waals surface area contributed by atoms with Gasteiger partial charge in [-0.25, -0.2) is 18.6 Å². The standard InChI is InChI=1S/C12H7F2N2O3/c13-5-1-6-10(17)7(12(18)19)4-16(9-2-8(9)14)11(6)15-3-5/h1,4,8-9H,2H2,(H,18,19)/t8-,9-/m1/s1. The molecule has 2 aromatic rings. The molecule has 3 rings (SSSR count). The van der Waals surface area contributed by atoms with Gasteiger partial charge in [0.2, 0.25) is 5.43 Å². The maximum atomic E-state index is 13.1. The van der Waals surface area contributed by atoms with Crippen LogP contribution in [0.2, 0.25) is 0 Å². The first-order valence-electron chi connectivity index (χ1n) is 5.49. The lowest BCUT2D eigenvalue weighted by atomic mass is 10.2. The fraction of sp³-hybridized carbons (Fsp3) is 0.250. The zero-order valence-corrected chi connectivity index (χ0v) is 9.43. The molecular formula is C12H7F2N2O3.